The number of amides is 2. The van der Waals surface area contributed by atoms with E-state index in [-0.39, 0.29) is 17.9 Å². The van der Waals surface area contributed by atoms with Crippen molar-refractivity contribution in [1.29, 1.82) is 0 Å². The Balaban J connectivity index is 1.80. The number of carbonyl (C=O) groups excluding carboxylic acids is 3. The summed E-state index contributed by atoms with van der Waals surface area (Å²) in [6, 6.07) is 15.8. The van der Waals surface area contributed by atoms with E-state index in [9.17, 15) is 14.4 Å². The normalized spacial score (nSPS) is 28.4. The van der Waals surface area contributed by atoms with Gasteiger partial charge in [0, 0.05) is 12.5 Å². The van der Waals surface area contributed by atoms with E-state index in [1.807, 2.05) is 30.3 Å². The number of nitrogens with zero attached hydrogens (tertiary/aromatic N) is 1. The quantitative estimate of drug-likeness (QED) is 0.618. The fourth-order valence-electron chi connectivity index (χ4n) is 4.64. The minimum absolute atomic E-state index is 0.295. The van der Waals surface area contributed by atoms with Gasteiger partial charge in [-0.15, -0.1) is 0 Å². The third-order valence-corrected chi connectivity index (χ3v) is 6.05. The van der Waals surface area contributed by atoms with Gasteiger partial charge < -0.3 is 14.8 Å². The molecule has 0 bridgehead atoms. The second-order valence-corrected chi connectivity index (χ2v) is 7.59. The molecule has 0 unspecified atom stereocenters. The summed E-state index contributed by atoms with van der Waals surface area (Å²) in [5, 5.41) is 1.80. The molecule has 7 heteroatoms. The lowest BCUT2D eigenvalue weighted by molar-refractivity contribution is -0.730. The van der Waals surface area contributed by atoms with E-state index < -0.39 is 23.3 Å². The van der Waals surface area contributed by atoms with Crippen molar-refractivity contribution in [3.63, 3.8) is 0 Å². The van der Waals surface area contributed by atoms with Gasteiger partial charge >= 0.3 is 5.97 Å². The van der Waals surface area contributed by atoms with Crippen LogP contribution in [0.1, 0.15) is 18.5 Å². The Bertz CT molecular complexity index is 959. The highest BCUT2D eigenvalue weighted by Crippen LogP contribution is 2.45. The zero-order valence-corrected chi connectivity index (χ0v) is 16.5. The monoisotopic (exact) mass is 395 g/mol. The maximum Gasteiger partial charge on any atom is 0.368 e. The van der Waals surface area contributed by atoms with E-state index in [0.717, 1.165) is 5.56 Å². The third kappa shape index (κ3) is 2.81. The first kappa shape index (κ1) is 19.1. The van der Waals surface area contributed by atoms with Crippen molar-refractivity contribution >= 4 is 23.5 Å². The first-order valence-electron chi connectivity index (χ1n) is 9.43. The molecule has 29 heavy (non-hydrogen) atoms. The van der Waals surface area contributed by atoms with Crippen LogP contribution in [0.4, 0.5) is 5.69 Å². The van der Waals surface area contributed by atoms with Crippen molar-refractivity contribution in [1.82, 2.24) is 0 Å². The van der Waals surface area contributed by atoms with Crippen LogP contribution in [0.25, 0.3) is 0 Å². The Hall–Kier alpha value is -3.19. The van der Waals surface area contributed by atoms with Gasteiger partial charge in [-0.2, -0.15) is 0 Å². The lowest BCUT2D eigenvalue weighted by atomic mass is 9.80. The van der Waals surface area contributed by atoms with Crippen molar-refractivity contribution in [2.24, 2.45) is 11.8 Å². The minimum Gasteiger partial charge on any atom is -0.497 e. The van der Waals surface area contributed by atoms with Gasteiger partial charge in [-0.1, -0.05) is 18.2 Å². The second-order valence-electron chi connectivity index (χ2n) is 7.59. The number of carbonyl (C=O) groups is 3. The van der Waals surface area contributed by atoms with E-state index in [4.69, 9.17) is 9.47 Å². The molecule has 2 aromatic carbocycles. The molecule has 2 amide bonds. The largest absolute Gasteiger partial charge is 0.497 e. The lowest BCUT2D eigenvalue weighted by Gasteiger charge is -2.25. The summed E-state index contributed by atoms with van der Waals surface area (Å²) >= 11 is 0. The maximum atomic E-state index is 13.4. The molecule has 0 aromatic heterocycles. The van der Waals surface area contributed by atoms with Crippen LogP contribution >= 0.6 is 0 Å². The summed E-state index contributed by atoms with van der Waals surface area (Å²) in [4.78, 5) is 40.7. The van der Waals surface area contributed by atoms with Gasteiger partial charge in [0.15, 0.2) is 0 Å². The molecule has 2 fully saturated rings. The third-order valence-electron chi connectivity index (χ3n) is 6.05. The SMILES string of the molecule is COC(=O)[C@@]1(C)[NH2+][C@@H](c2ccc(OC)cc2)[C@H]2C(=O)N(c3ccccc3)C(=O)[C@@H]21. The minimum atomic E-state index is -1.19. The summed E-state index contributed by atoms with van der Waals surface area (Å²) in [6.07, 6.45) is 0. The van der Waals surface area contributed by atoms with Gasteiger partial charge in [-0.05, 0) is 36.4 Å². The highest BCUT2D eigenvalue weighted by atomic mass is 16.5. The Morgan fingerprint density at radius 2 is 1.66 bits per heavy atom. The van der Waals surface area contributed by atoms with E-state index in [0.29, 0.717) is 11.4 Å². The van der Waals surface area contributed by atoms with Gasteiger partial charge in [-0.25, -0.2) is 9.69 Å². The number of ether oxygens (including phenoxy) is 2. The molecule has 0 aliphatic carbocycles. The summed E-state index contributed by atoms with van der Waals surface area (Å²) in [6.45, 7) is 1.68. The predicted molar refractivity (Wildman–Crippen MR) is 104 cm³/mol. The number of anilines is 1. The molecule has 2 saturated heterocycles. The highest BCUT2D eigenvalue weighted by molar-refractivity contribution is 6.23. The van der Waals surface area contributed by atoms with Crippen LogP contribution in [0.15, 0.2) is 54.6 Å². The topological polar surface area (TPSA) is 89.5 Å². The molecular formula is C22H23N2O5+. The van der Waals surface area contributed by atoms with Crippen molar-refractivity contribution in [3.8, 4) is 5.75 Å². The number of benzene rings is 2. The average Bonchev–Trinajstić information content (AvgIpc) is 3.22. The van der Waals surface area contributed by atoms with Crippen molar-refractivity contribution in [3.05, 3.63) is 60.2 Å². The molecule has 7 nitrogen and oxygen atoms in total. The lowest BCUT2D eigenvalue weighted by Crippen LogP contribution is -2.97. The fourth-order valence-corrected chi connectivity index (χ4v) is 4.64. The Morgan fingerprint density at radius 3 is 2.24 bits per heavy atom. The molecule has 0 spiro atoms. The Morgan fingerprint density at radius 1 is 1.00 bits per heavy atom. The smallest absolute Gasteiger partial charge is 0.368 e. The van der Waals surface area contributed by atoms with Gasteiger partial charge in [0.1, 0.15) is 23.6 Å². The van der Waals surface area contributed by atoms with E-state index in [1.165, 1.54) is 12.0 Å². The van der Waals surface area contributed by atoms with Gasteiger partial charge in [0.2, 0.25) is 17.4 Å². The van der Waals surface area contributed by atoms with Crippen LogP contribution in [0.2, 0.25) is 0 Å². The zero-order valence-electron chi connectivity index (χ0n) is 16.5. The number of imide groups is 1. The number of rotatable bonds is 4. The molecule has 2 N–H and O–H groups in total. The molecule has 0 saturated carbocycles. The van der Waals surface area contributed by atoms with Crippen molar-refractivity contribution in [2.45, 2.75) is 18.5 Å². The predicted octanol–water partition coefficient (Wildman–Crippen LogP) is 1.05. The van der Waals surface area contributed by atoms with Gasteiger partial charge in [-0.3, -0.25) is 9.59 Å². The molecule has 2 aliphatic heterocycles. The molecule has 0 radical (unpaired) electrons. The van der Waals surface area contributed by atoms with E-state index >= 15 is 0 Å². The number of methoxy groups -OCH3 is 2. The van der Waals surface area contributed by atoms with Gasteiger partial charge in [0.25, 0.3) is 0 Å². The standard InChI is InChI=1S/C22H22N2O5/c1-22(21(27)29-3)17-16(18(23-22)13-9-11-15(28-2)12-10-13)19(25)24(20(17)26)14-7-5-4-6-8-14/h4-12,16-18,23H,1-3H3/p+1/t16-,17+,18-,22-/m0/s1. The highest BCUT2D eigenvalue weighted by Gasteiger charge is 2.70. The molecule has 4 atom stereocenters. The van der Waals surface area contributed by atoms with Crippen LogP contribution in [0.5, 0.6) is 5.75 Å². The fraction of sp³-hybridized carbons (Fsp3) is 0.318. The van der Waals surface area contributed by atoms with E-state index in [2.05, 4.69) is 0 Å². The number of nitrogens with two attached hydrogens (primary N) is 1. The number of para-hydroxylation sites is 1. The number of hydrogen-bond donors (Lipinski definition) is 1. The van der Waals surface area contributed by atoms with Crippen LogP contribution in [-0.4, -0.2) is 37.5 Å². The average molecular weight is 395 g/mol. The molecule has 4 rings (SSSR count). The first-order chi connectivity index (χ1) is 13.9. The zero-order chi connectivity index (χ0) is 20.8. The summed E-state index contributed by atoms with van der Waals surface area (Å²) in [5.74, 6) is -1.96. The summed E-state index contributed by atoms with van der Waals surface area (Å²) in [7, 11) is 2.88. The Labute approximate surface area is 168 Å². The van der Waals surface area contributed by atoms with Crippen LogP contribution in [0.3, 0.4) is 0 Å². The number of esters is 1. The maximum absolute atomic E-state index is 13.4. The second kappa shape index (κ2) is 7.00. The van der Waals surface area contributed by atoms with Crippen molar-refractivity contribution in [2.75, 3.05) is 19.1 Å². The molecule has 2 heterocycles. The molecule has 2 aliphatic rings. The summed E-state index contributed by atoms with van der Waals surface area (Å²) < 4.78 is 10.2. The van der Waals surface area contributed by atoms with Crippen LogP contribution < -0.4 is 15.0 Å². The van der Waals surface area contributed by atoms with E-state index in [1.54, 1.807) is 43.6 Å². The summed E-state index contributed by atoms with van der Waals surface area (Å²) in [5.41, 5.74) is 0.169. The van der Waals surface area contributed by atoms with Crippen LogP contribution in [-0.2, 0) is 19.1 Å². The van der Waals surface area contributed by atoms with Crippen molar-refractivity contribution < 1.29 is 29.2 Å². The number of hydrogen-bond acceptors (Lipinski definition) is 5. The van der Waals surface area contributed by atoms with Crippen LogP contribution in [0, 0.1) is 11.8 Å². The first-order valence-corrected chi connectivity index (χ1v) is 9.43. The molecular weight excluding hydrogens is 372 g/mol. The molecule has 2 aromatic rings. The Kier molecular flexibility index (Phi) is 4.62. The number of fused-ring (bicyclic) bond motifs is 1. The number of quaternary nitrogens is 1. The van der Waals surface area contributed by atoms with Gasteiger partial charge in [0.05, 0.1) is 19.9 Å². The molecule has 150 valence electrons.